The Hall–Kier alpha value is -2.71. The van der Waals surface area contributed by atoms with Crippen LogP contribution in [0.1, 0.15) is 45.2 Å². The van der Waals surface area contributed by atoms with Gasteiger partial charge >= 0.3 is 0 Å². The van der Waals surface area contributed by atoms with E-state index in [1.807, 2.05) is 45.0 Å². The van der Waals surface area contributed by atoms with E-state index in [0.29, 0.717) is 33.8 Å². The monoisotopic (exact) mass is 530 g/mol. The average molecular weight is 531 g/mol. The molecule has 1 N–H and O–H groups in total. The van der Waals surface area contributed by atoms with Gasteiger partial charge in [0.05, 0.1) is 22.9 Å². The van der Waals surface area contributed by atoms with E-state index in [0.717, 1.165) is 18.4 Å². The maximum atomic E-state index is 13.3. The number of ether oxygens (including phenoxy) is 2. The molecule has 1 fully saturated rings. The van der Waals surface area contributed by atoms with E-state index in [2.05, 4.69) is 28.2 Å². The van der Waals surface area contributed by atoms with Crippen LogP contribution in [0, 0.1) is 0 Å². The number of hydrogen-bond donors (Lipinski definition) is 1. The molecule has 1 aliphatic heterocycles. The molecule has 174 valence electrons. The Labute approximate surface area is 208 Å². The zero-order chi connectivity index (χ0) is 24.1. The Kier molecular flexibility index (Phi) is 8.26. The first-order valence-corrected chi connectivity index (χ1v) is 12.1. The minimum Gasteiger partial charge on any atom is -0.490 e. The van der Waals surface area contributed by atoms with Crippen molar-refractivity contribution in [2.24, 2.45) is 0 Å². The number of rotatable bonds is 8. The molecule has 0 aliphatic carbocycles. The molecule has 0 aromatic heterocycles. The van der Waals surface area contributed by atoms with E-state index in [-0.39, 0.29) is 16.8 Å². The first kappa shape index (κ1) is 24.9. The van der Waals surface area contributed by atoms with Gasteiger partial charge in [0.2, 0.25) is 0 Å². The molecule has 2 aromatic carbocycles. The lowest BCUT2D eigenvalue weighted by Crippen LogP contribution is -2.54. The number of nitrogens with zero attached hydrogens (tertiary/aromatic N) is 1. The molecule has 1 aliphatic rings. The zero-order valence-corrected chi connectivity index (χ0v) is 21.5. The predicted molar refractivity (Wildman–Crippen MR) is 138 cm³/mol. The highest BCUT2D eigenvalue weighted by Gasteiger charge is 2.34. The molecule has 3 rings (SSSR count). The van der Waals surface area contributed by atoms with Crippen molar-refractivity contribution in [1.82, 2.24) is 5.32 Å². The lowest BCUT2D eigenvalue weighted by Gasteiger charge is -2.29. The third-order valence-electron chi connectivity index (χ3n) is 5.24. The van der Waals surface area contributed by atoms with Gasteiger partial charge in [0.25, 0.3) is 11.8 Å². The molecule has 1 saturated heterocycles. The Balaban J connectivity index is 2.00. The number of hydrogen-bond acceptors (Lipinski definition) is 5. The smallest absolute Gasteiger partial charge is 0.270 e. The number of anilines is 1. The lowest BCUT2D eigenvalue weighted by molar-refractivity contribution is -0.122. The van der Waals surface area contributed by atoms with E-state index in [1.165, 1.54) is 11.0 Å². The van der Waals surface area contributed by atoms with Gasteiger partial charge in [-0.2, -0.15) is 0 Å². The van der Waals surface area contributed by atoms with Crippen molar-refractivity contribution in [1.29, 1.82) is 0 Å². The molecule has 0 spiro atoms. The van der Waals surface area contributed by atoms with Gasteiger partial charge in [0.15, 0.2) is 16.6 Å². The van der Waals surface area contributed by atoms with Crippen molar-refractivity contribution in [3.8, 4) is 11.5 Å². The van der Waals surface area contributed by atoms with Crippen LogP contribution >= 0.6 is 28.1 Å². The molecule has 6 nitrogen and oxygen atoms in total. The van der Waals surface area contributed by atoms with E-state index in [4.69, 9.17) is 21.7 Å². The van der Waals surface area contributed by atoms with E-state index in [9.17, 15) is 9.59 Å². The largest absolute Gasteiger partial charge is 0.490 e. The molecule has 0 saturated carbocycles. The van der Waals surface area contributed by atoms with Crippen molar-refractivity contribution in [2.75, 3.05) is 11.5 Å². The minimum absolute atomic E-state index is 0.00378. The summed E-state index contributed by atoms with van der Waals surface area (Å²) >= 11 is 8.83. The second-order valence-corrected chi connectivity index (χ2v) is 8.82. The topological polar surface area (TPSA) is 67.9 Å². The fourth-order valence-corrected chi connectivity index (χ4v) is 4.11. The third kappa shape index (κ3) is 5.62. The molecule has 0 bridgehead atoms. The average Bonchev–Trinajstić information content (AvgIpc) is 2.79. The molecule has 0 radical (unpaired) electrons. The van der Waals surface area contributed by atoms with Crippen LogP contribution < -0.4 is 19.7 Å². The summed E-state index contributed by atoms with van der Waals surface area (Å²) < 4.78 is 12.5. The Morgan fingerprint density at radius 3 is 2.45 bits per heavy atom. The fourth-order valence-electron chi connectivity index (χ4n) is 3.27. The summed E-state index contributed by atoms with van der Waals surface area (Å²) in [6, 6.07) is 11.1. The van der Waals surface area contributed by atoms with Crippen molar-refractivity contribution < 1.29 is 19.1 Å². The highest BCUT2D eigenvalue weighted by molar-refractivity contribution is 9.10. The lowest BCUT2D eigenvalue weighted by atomic mass is 10.1. The SMILES string of the molecule is CCOc1cc(/C=C2\C(=O)NC(=S)N(c3ccc(CC)cc3)C2=O)cc(Br)c1O[C@@H](C)CC. The number of thiocarbonyl (C=S) groups is 1. The number of benzene rings is 2. The quantitative estimate of drug-likeness (QED) is 0.280. The summed E-state index contributed by atoms with van der Waals surface area (Å²) in [7, 11) is 0. The summed E-state index contributed by atoms with van der Waals surface area (Å²) in [5.74, 6) is 0.0965. The summed E-state index contributed by atoms with van der Waals surface area (Å²) in [6.07, 6.45) is 3.26. The fraction of sp³-hybridized carbons (Fsp3) is 0.320. The maximum Gasteiger partial charge on any atom is 0.270 e. The second-order valence-electron chi connectivity index (χ2n) is 7.58. The third-order valence-corrected chi connectivity index (χ3v) is 6.11. The number of amides is 2. The first-order chi connectivity index (χ1) is 15.8. The number of carbonyl (C=O) groups is 2. The minimum atomic E-state index is -0.541. The second kappa shape index (κ2) is 10.9. The molecule has 33 heavy (non-hydrogen) atoms. The van der Waals surface area contributed by atoms with Crippen molar-refractivity contribution in [3.63, 3.8) is 0 Å². The van der Waals surface area contributed by atoms with E-state index >= 15 is 0 Å². The first-order valence-electron chi connectivity index (χ1n) is 10.9. The Morgan fingerprint density at radius 2 is 1.85 bits per heavy atom. The highest BCUT2D eigenvalue weighted by Crippen LogP contribution is 2.38. The molecule has 2 aromatic rings. The normalized spacial score (nSPS) is 16.1. The van der Waals surface area contributed by atoms with Crippen LogP contribution in [-0.2, 0) is 16.0 Å². The zero-order valence-electron chi connectivity index (χ0n) is 19.1. The number of halogens is 1. The van der Waals surface area contributed by atoms with E-state index in [1.54, 1.807) is 12.1 Å². The van der Waals surface area contributed by atoms with Crippen molar-refractivity contribution >= 4 is 56.8 Å². The highest BCUT2D eigenvalue weighted by atomic mass is 79.9. The Morgan fingerprint density at radius 1 is 1.15 bits per heavy atom. The number of nitrogens with one attached hydrogen (secondary N) is 1. The van der Waals surface area contributed by atoms with Crippen LogP contribution in [0.2, 0.25) is 0 Å². The van der Waals surface area contributed by atoms with Gasteiger partial charge in [-0.3, -0.25) is 19.8 Å². The van der Waals surface area contributed by atoms with Gasteiger partial charge in [0, 0.05) is 0 Å². The van der Waals surface area contributed by atoms with Gasteiger partial charge in [-0.15, -0.1) is 0 Å². The standard InChI is InChI=1S/C25H27BrN2O4S/c1-5-15(4)32-22-20(26)13-17(14-21(22)31-7-3)12-19-23(29)27-25(33)28(24(19)30)18-10-8-16(6-2)9-11-18/h8-15H,5-7H2,1-4H3,(H,27,29,33)/b19-12+/t15-/m0/s1. The number of carbonyl (C=O) groups excluding carboxylic acids is 2. The molecular weight excluding hydrogens is 504 g/mol. The summed E-state index contributed by atoms with van der Waals surface area (Å²) in [4.78, 5) is 27.3. The van der Waals surface area contributed by atoms with Crippen LogP contribution in [0.15, 0.2) is 46.4 Å². The van der Waals surface area contributed by atoms with Crippen molar-refractivity contribution in [2.45, 2.75) is 46.6 Å². The van der Waals surface area contributed by atoms with Gasteiger partial charge in [-0.25, -0.2) is 0 Å². The van der Waals surface area contributed by atoms with Crippen LogP contribution in [0.25, 0.3) is 6.08 Å². The molecule has 1 heterocycles. The van der Waals surface area contributed by atoms with Gasteiger partial charge < -0.3 is 9.47 Å². The van der Waals surface area contributed by atoms with Crippen LogP contribution in [0.4, 0.5) is 5.69 Å². The number of aryl methyl sites for hydroxylation is 1. The van der Waals surface area contributed by atoms with Gasteiger partial charge in [-0.05, 0) is 96.3 Å². The summed E-state index contributed by atoms with van der Waals surface area (Å²) in [6.45, 7) is 8.40. The van der Waals surface area contributed by atoms with Crippen LogP contribution in [-0.4, -0.2) is 29.6 Å². The maximum absolute atomic E-state index is 13.3. The van der Waals surface area contributed by atoms with Crippen LogP contribution in [0.5, 0.6) is 11.5 Å². The molecule has 1 atom stereocenters. The van der Waals surface area contributed by atoms with Crippen molar-refractivity contribution in [3.05, 3.63) is 57.6 Å². The molecule has 0 unspecified atom stereocenters. The van der Waals surface area contributed by atoms with Gasteiger partial charge in [0.1, 0.15) is 5.57 Å². The summed E-state index contributed by atoms with van der Waals surface area (Å²) in [5.41, 5.74) is 2.34. The predicted octanol–water partition coefficient (Wildman–Crippen LogP) is 5.42. The Bertz CT molecular complexity index is 1100. The molecular formula is C25H27BrN2O4S. The van der Waals surface area contributed by atoms with Crippen LogP contribution in [0.3, 0.4) is 0 Å². The molecule has 2 amide bonds. The summed E-state index contributed by atoms with van der Waals surface area (Å²) in [5, 5.41) is 2.67. The molecule has 8 heteroatoms. The van der Waals surface area contributed by atoms with Gasteiger partial charge in [-0.1, -0.05) is 26.0 Å². The van der Waals surface area contributed by atoms with E-state index < -0.39 is 11.8 Å².